The summed E-state index contributed by atoms with van der Waals surface area (Å²) < 4.78 is 0.957. The predicted octanol–water partition coefficient (Wildman–Crippen LogP) is 2.90. The topological polar surface area (TPSA) is 41.5 Å². The first-order valence-electron chi connectivity index (χ1n) is 5.47. The van der Waals surface area contributed by atoms with Crippen LogP contribution < -0.4 is 5.32 Å². The summed E-state index contributed by atoms with van der Waals surface area (Å²) >= 11 is 3.82. The van der Waals surface area contributed by atoms with Gasteiger partial charge in [0.2, 0.25) is 0 Å². The number of nitrogens with zero attached hydrogens (tertiary/aromatic N) is 1. The molecular formula is C12H13IN2OS. The zero-order valence-corrected chi connectivity index (χ0v) is 12.4. The normalized spacial score (nSPS) is 18.9. The average Bonchev–Trinajstić information content (AvgIpc) is 2.77. The van der Waals surface area contributed by atoms with Crippen LogP contribution in [0.15, 0.2) is 29.3 Å². The van der Waals surface area contributed by atoms with Crippen molar-refractivity contribution in [3.8, 4) is 0 Å². The summed E-state index contributed by atoms with van der Waals surface area (Å²) in [5.41, 5.74) is 0.705. The minimum absolute atomic E-state index is 0.0713. The Kier molecular flexibility index (Phi) is 4.44. The van der Waals surface area contributed by atoms with Gasteiger partial charge in [0.05, 0.1) is 12.1 Å². The van der Waals surface area contributed by atoms with Gasteiger partial charge in [-0.2, -0.15) is 0 Å². The second kappa shape index (κ2) is 5.86. The second-order valence-corrected chi connectivity index (χ2v) is 6.18. The maximum absolute atomic E-state index is 12.0. The van der Waals surface area contributed by atoms with Gasteiger partial charge >= 0.3 is 0 Å². The van der Waals surface area contributed by atoms with Crippen LogP contribution in [-0.4, -0.2) is 22.9 Å². The Labute approximate surface area is 119 Å². The van der Waals surface area contributed by atoms with Gasteiger partial charge in [-0.15, -0.1) is 0 Å². The number of amides is 1. The third-order valence-electron chi connectivity index (χ3n) is 2.51. The molecule has 1 aliphatic heterocycles. The van der Waals surface area contributed by atoms with E-state index in [4.69, 9.17) is 0 Å². The zero-order valence-electron chi connectivity index (χ0n) is 9.44. The van der Waals surface area contributed by atoms with Crippen molar-refractivity contribution in [2.75, 3.05) is 6.54 Å². The molecule has 1 aromatic carbocycles. The number of hydrogen-bond acceptors (Lipinski definition) is 3. The molecule has 90 valence electrons. The molecule has 0 saturated carbocycles. The van der Waals surface area contributed by atoms with E-state index in [1.807, 2.05) is 24.3 Å². The van der Waals surface area contributed by atoms with E-state index in [9.17, 15) is 4.79 Å². The van der Waals surface area contributed by atoms with Gasteiger partial charge in [-0.25, -0.2) is 0 Å². The van der Waals surface area contributed by atoms with Gasteiger partial charge in [0.15, 0.2) is 5.17 Å². The Balaban J connectivity index is 2.01. The van der Waals surface area contributed by atoms with Crippen LogP contribution in [0.4, 0.5) is 0 Å². The lowest BCUT2D eigenvalue weighted by Crippen LogP contribution is -2.28. The number of halogens is 1. The Morgan fingerprint density at radius 2 is 2.35 bits per heavy atom. The molecule has 1 aromatic rings. The first kappa shape index (κ1) is 12.9. The number of hydrogen-bond donors (Lipinski definition) is 1. The van der Waals surface area contributed by atoms with Gasteiger partial charge < -0.3 is 5.32 Å². The van der Waals surface area contributed by atoms with E-state index < -0.39 is 0 Å². The summed E-state index contributed by atoms with van der Waals surface area (Å²) in [5, 5.41) is 4.13. The molecule has 2 rings (SSSR count). The minimum Gasteiger partial charge on any atom is -0.301 e. The number of rotatable bonds is 2. The molecule has 0 aliphatic carbocycles. The van der Waals surface area contributed by atoms with Crippen LogP contribution in [0.2, 0.25) is 0 Å². The fourth-order valence-corrected chi connectivity index (χ4v) is 3.07. The standard InChI is InChI=1S/C12H13IN2OS/c1-2-8-7-14-12(17-8)15-11(16)9-5-3-4-6-10(9)13/h3-6,8H,2,7H2,1H3,(H,14,15,16). The molecule has 1 aliphatic rings. The lowest BCUT2D eigenvalue weighted by Gasteiger charge is -2.07. The molecule has 0 fully saturated rings. The fraction of sp³-hybridized carbons (Fsp3) is 0.333. The zero-order chi connectivity index (χ0) is 12.3. The molecule has 0 spiro atoms. The number of nitrogens with one attached hydrogen (secondary N) is 1. The van der Waals surface area contributed by atoms with E-state index in [0.29, 0.717) is 10.8 Å². The fourth-order valence-electron chi connectivity index (χ4n) is 1.51. The molecule has 0 saturated heterocycles. The summed E-state index contributed by atoms with van der Waals surface area (Å²) in [5.74, 6) is -0.0713. The molecule has 1 amide bonds. The quantitative estimate of drug-likeness (QED) is 0.824. The van der Waals surface area contributed by atoms with E-state index in [0.717, 1.165) is 21.7 Å². The number of carbonyl (C=O) groups excluding carboxylic acids is 1. The average molecular weight is 360 g/mol. The molecule has 1 N–H and O–H groups in total. The highest BCUT2D eigenvalue weighted by molar-refractivity contribution is 14.1. The van der Waals surface area contributed by atoms with Gasteiger partial charge in [0.1, 0.15) is 0 Å². The number of thioether (sulfide) groups is 1. The van der Waals surface area contributed by atoms with Crippen LogP contribution in [0.1, 0.15) is 23.7 Å². The second-order valence-electron chi connectivity index (χ2n) is 3.73. The van der Waals surface area contributed by atoms with E-state index in [2.05, 4.69) is 39.8 Å². The van der Waals surface area contributed by atoms with Crippen LogP contribution in [0.3, 0.4) is 0 Å². The lowest BCUT2D eigenvalue weighted by molar-refractivity contribution is 0.0977. The Bertz CT molecular complexity index is 462. The van der Waals surface area contributed by atoms with Crippen LogP contribution in [0.25, 0.3) is 0 Å². The van der Waals surface area contributed by atoms with Gasteiger partial charge in [-0.05, 0) is 41.1 Å². The number of benzene rings is 1. The summed E-state index contributed by atoms with van der Waals surface area (Å²) in [6, 6.07) is 7.55. The van der Waals surface area contributed by atoms with Crippen molar-refractivity contribution < 1.29 is 4.79 Å². The molecule has 1 atom stereocenters. The van der Waals surface area contributed by atoms with Crippen molar-refractivity contribution in [3.05, 3.63) is 33.4 Å². The molecule has 0 radical (unpaired) electrons. The van der Waals surface area contributed by atoms with Crippen LogP contribution >= 0.6 is 34.4 Å². The van der Waals surface area contributed by atoms with Crippen molar-refractivity contribution in [2.45, 2.75) is 18.6 Å². The van der Waals surface area contributed by atoms with Crippen molar-refractivity contribution >= 4 is 45.4 Å². The minimum atomic E-state index is -0.0713. The molecule has 5 heteroatoms. The lowest BCUT2D eigenvalue weighted by atomic mass is 10.2. The van der Waals surface area contributed by atoms with Gasteiger partial charge in [0, 0.05) is 8.82 Å². The van der Waals surface area contributed by atoms with E-state index in [-0.39, 0.29) is 5.91 Å². The third-order valence-corrected chi connectivity index (χ3v) is 4.72. The van der Waals surface area contributed by atoms with Gasteiger partial charge in [-0.3, -0.25) is 9.79 Å². The first-order chi connectivity index (χ1) is 8.20. The SMILES string of the molecule is CCC1CN=C(NC(=O)c2ccccc2I)S1. The van der Waals surface area contributed by atoms with Crippen LogP contribution in [0, 0.1) is 3.57 Å². The highest BCUT2D eigenvalue weighted by atomic mass is 127. The number of amidine groups is 1. The molecule has 1 unspecified atom stereocenters. The highest BCUT2D eigenvalue weighted by Crippen LogP contribution is 2.22. The molecular weight excluding hydrogens is 347 g/mol. The summed E-state index contributed by atoms with van der Waals surface area (Å²) in [7, 11) is 0. The van der Waals surface area contributed by atoms with E-state index >= 15 is 0 Å². The van der Waals surface area contributed by atoms with E-state index in [1.165, 1.54) is 0 Å². The molecule has 1 heterocycles. The number of aliphatic imine (C=N–C) groups is 1. The maximum Gasteiger partial charge on any atom is 0.258 e. The van der Waals surface area contributed by atoms with Gasteiger partial charge in [-0.1, -0.05) is 30.8 Å². The summed E-state index contributed by atoms with van der Waals surface area (Å²) in [4.78, 5) is 16.3. The smallest absolute Gasteiger partial charge is 0.258 e. The number of carbonyl (C=O) groups is 1. The highest BCUT2D eigenvalue weighted by Gasteiger charge is 2.20. The molecule has 3 nitrogen and oxygen atoms in total. The Hall–Kier alpha value is -0.560. The third kappa shape index (κ3) is 3.22. The largest absolute Gasteiger partial charge is 0.301 e. The van der Waals surface area contributed by atoms with Crippen LogP contribution in [-0.2, 0) is 0 Å². The molecule has 0 bridgehead atoms. The van der Waals surface area contributed by atoms with E-state index in [1.54, 1.807) is 11.8 Å². The Morgan fingerprint density at radius 1 is 1.59 bits per heavy atom. The van der Waals surface area contributed by atoms with Crippen molar-refractivity contribution in [1.82, 2.24) is 5.32 Å². The maximum atomic E-state index is 12.0. The summed E-state index contributed by atoms with van der Waals surface area (Å²) in [6.07, 6.45) is 1.08. The molecule has 17 heavy (non-hydrogen) atoms. The first-order valence-corrected chi connectivity index (χ1v) is 7.43. The summed E-state index contributed by atoms with van der Waals surface area (Å²) in [6.45, 7) is 2.95. The van der Waals surface area contributed by atoms with Crippen LogP contribution in [0.5, 0.6) is 0 Å². The van der Waals surface area contributed by atoms with Crippen molar-refractivity contribution in [3.63, 3.8) is 0 Å². The van der Waals surface area contributed by atoms with Crippen molar-refractivity contribution in [1.29, 1.82) is 0 Å². The van der Waals surface area contributed by atoms with Gasteiger partial charge in [0.25, 0.3) is 5.91 Å². The predicted molar refractivity (Wildman–Crippen MR) is 80.6 cm³/mol. The van der Waals surface area contributed by atoms with Crippen molar-refractivity contribution in [2.24, 2.45) is 4.99 Å². The monoisotopic (exact) mass is 360 g/mol. The Morgan fingerprint density at radius 3 is 3.00 bits per heavy atom. The molecule has 0 aromatic heterocycles.